The van der Waals surface area contributed by atoms with Crippen molar-refractivity contribution in [1.82, 2.24) is 15.1 Å². The molecular weight excluding hydrogens is 314 g/mol. The van der Waals surface area contributed by atoms with Crippen LogP contribution in [0.15, 0.2) is 54.6 Å². The summed E-state index contributed by atoms with van der Waals surface area (Å²) >= 11 is 0. The Morgan fingerprint density at radius 1 is 1.00 bits per heavy atom. The molecule has 0 atom stereocenters. The molecular formula is C20H25N3O2. The zero-order chi connectivity index (χ0) is 17.5. The third kappa shape index (κ3) is 4.97. The fraction of sp³-hybridized carbons (Fsp3) is 0.350. The van der Waals surface area contributed by atoms with E-state index in [1.165, 1.54) is 0 Å². The van der Waals surface area contributed by atoms with E-state index in [9.17, 15) is 4.79 Å². The molecule has 0 unspecified atom stereocenters. The lowest BCUT2D eigenvalue weighted by atomic mass is 10.2. The molecule has 0 aromatic heterocycles. The molecule has 1 fully saturated rings. The van der Waals surface area contributed by atoms with E-state index in [2.05, 4.69) is 17.1 Å². The second-order valence-corrected chi connectivity index (χ2v) is 6.14. The van der Waals surface area contributed by atoms with Gasteiger partial charge in [-0.3, -0.25) is 0 Å². The standard InChI is InChI=1S/C20H25N3O2/c1-2-22-11-13-23(14-12-22)20(24)21-16-17-7-6-10-19(15-17)25-18-8-4-3-5-9-18/h3-10,15H,2,11-14,16H2,1H3,(H,21,24). The number of nitrogens with zero attached hydrogens (tertiary/aromatic N) is 2. The molecule has 3 rings (SSSR count). The van der Waals surface area contributed by atoms with Crippen LogP contribution in [-0.4, -0.2) is 48.6 Å². The van der Waals surface area contributed by atoms with Gasteiger partial charge in [-0.2, -0.15) is 0 Å². The van der Waals surface area contributed by atoms with E-state index in [0.717, 1.165) is 49.8 Å². The Kier molecular flexibility index (Phi) is 5.90. The molecule has 0 bridgehead atoms. The number of hydrogen-bond acceptors (Lipinski definition) is 3. The first kappa shape index (κ1) is 17.3. The number of likely N-dealkylation sites (N-methyl/N-ethyl adjacent to an activating group) is 1. The van der Waals surface area contributed by atoms with E-state index in [0.29, 0.717) is 6.54 Å². The molecule has 0 saturated carbocycles. The van der Waals surface area contributed by atoms with Gasteiger partial charge in [-0.05, 0) is 36.4 Å². The maximum atomic E-state index is 12.3. The normalized spacial score (nSPS) is 15.0. The predicted molar refractivity (Wildman–Crippen MR) is 98.9 cm³/mol. The van der Waals surface area contributed by atoms with Crippen LogP contribution in [0.1, 0.15) is 12.5 Å². The van der Waals surface area contributed by atoms with Crippen molar-refractivity contribution in [2.45, 2.75) is 13.5 Å². The average Bonchev–Trinajstić information content (AvgIpc) is 2.67. The van der Waals surface area contributed by atoms with E-state index in [1.807, 2.05) is 59.5 Å². The number of nitrogens with one attached hydrogen (secondary N) is 1. The van der Waals surface area contributed by atoms with Crippen molar-refractivity contribution in [3.63, 3.8) is 0 Å². The SMILES string of the molecule is CCN1CCN(C(=O)NCc2cccc(Oc3ccccc3)c2)CC1. The number of rotatable bonds is 5. The van der Waals surface area contributed by atoms with Gasteiger partial charge in [0, 0.05) is 32.7 Å². The summed E-state index contributed by atoms with van der Waals surface area (Å²) < 4.78 is 5.84. The molecule has 1 heterocycles. The van der Waals surface area contributed by atoms with Crippen molar-refractivity contribution in [2.75, 3.05) is 32.7 Å². The van der Waals surface area contributed by atoms with Gasteiger partial charge in [0.2, 0.25) is 0 Å². The van der Waals surface area contributed by atoms with E-state index in [4.69, 9.17) is 4.74 Å². The fourth-order valence-corrected chi connectivity index (χ4v) is 2.90. The predicted octanol–water partition coefficient (Wildman–Crippen LogP) is 3.33. The third-order valence-corrected chi connectivity index (χ3v) is 4.43. The summed E-state index contributed by atoms with van der Waals surface area (Å²) in [6.45, 7) is 7.17. The number of carbonyl (C=O) groups is 1. The van der Waals surface area contributed by atoms with Crippen LogP contribution < -0.4 is 10.1 Å². The number of benzene rings is 2. The summed E-state index contributed by atoms with van der Waals surface area (Å²) in [5.41, 5.74) is 1.02. The zero-order valence-electron chi connectivity index (χ0n) is 14.6. The largest absolute Gasteiger partial charge is 0.457 e. The van der Waals surface area contributed by atoms with Crippen LogP contribution in [0.4, 0.5) is 4.79 Å². The second-order valence-electron chi connectivity index (χ2n) is 6.14. The fourth-order valence-electron chi connectivity index (χ4n) is 2.90. The van der Waals surface area contributed by atoms with Crippen LogP contribution in [0.2, 0.25) is 0 Å². The van der Waals surface area contributed by atoms with Crippen molar-refractivity contribution in [3.8, 4) is 11.5 Å². The van der Waals surface area contributed by atoms with Crippen LogP contribution in [0.3, 0.4) is 0 Å². The Labute approximate surface area is 149 Å². The number of amides is 2. The van der Waals surface area contributed by atoms with Crippen LogP contribution in [0, 0.1) is 0 Å². The molecule has 1 saturated heterocycles. The minimum Gasteiger partial charge on any atom is -0.457 e. The third-order valence-electron chi connectivity index (χ3n) is 4.43. The zero-order valence-corrected chi connectivity index (χ0v) is 14.6. The first-order valence-corrected chi connectivity index (χ1v) is 8.81. The Hall–Kier alpha value is -2.53. The van der Waals surface area contributed by atoms with E-state index in [1.54, 1.807) is 0 Å². The number of carbonyl (C=O) groups excluding carboxylic acids is 1. The van der Waals surface area contributed by atoms with Gasteiger partial charge in [0.15, 0.2) is 0 Å². The molecule has 5 nitrogen and oxygen atoms in total. The molecule has 2 amide bonds. The number of ether oxygens (including phenoxy) is 1. The molecule has 25 heavy (non-hydrogen) atoms. The second kappa shape index (κ2) is 8.53. The highest BCUT2D eigenvalue weighted by molar-refractivity contribution is 5.74. The molecule has 0 spiro atoms. The number of para-hydroxylation sites is 1. The molecule has 0 aliphatic carbocycles. The highest BCUT2D eigenvalue weighted by atomic mass is 16.5. The van der Waals surface area contributed by atoms with Gasteiger partial charge in [-0.1, -0.05) is 37.3 Å². The van der Waals surface area contributed by atoms with Crippen LogP contribution in [-0.2, 0) is 6.54 Å². The van der Waals surface area contributed by atoms with Gasteiger partial charge >= 0.3 is 6.03 Å². The summed E-state index contributed by atoms with van der Waals surface area (Å²) in [7, 11) is 0. The van der Waals surface area contributed by atoms with Crippen LogP contribution in [0.5, 0.6) is 11.5 Å². The lowest BCUT2D eigenvalue weighted by Gasteiger charge is -2.34. The molecule has 0 radical (unpaired) electrons. The first-order valence-electron chi connectivity index (χ1n) is 8.81. The maximum absolute atomic E-state index is 12.3. The number of urea groups is 1. The summed E-state index contributed by atoms with van der Waals surface area (Å²) in [6.07, 6.45) is 0. The Morgan fingerprint density at radius 3 is 2.44 bits per heavy atom. The Morgan fingerprint density at radius 2 is 1.72 bits per heavy atom. The molecule has 5 heteroatoms. The molecule has 1 N–H and O–H groups in total. The quantitative estimate of drug-likeness (QED) is 0.909. The van der Waals surface area contributed by atoms with E-state index in [-0.39, 0.29) is 6.03 Å². The van der Waals surface area contributed by atoms with Crippen molar-refractivity contribution < 1.29 is 9.53 Å². The topological polar surface area (TPSA) is 44.8 Å². The lowest BCUT2D eigenvalue weighted by Crippen LogP contribution is -2.51. The molecule has 132 valence electrons. The average molecular weight is 339 g/mol. The van der Waals surface area contributed by atoms with Gasteiger partial charge in [0.25, 0.3) is 0 Å². The van der Waals surface area contributed by atoms with Crippen molar-refractivity contribution >= 4 is 6.03 Å². The van der Waals surface area contributed by atoms with Crippen molar-refractivity contribution in [1.29, 1.82) is 0 Å². The van der Waals surface area contributed by atoms with Gasteiger partial charge in [-0.25, -0.2) is 4.79 Å². The van der Waals surface area contributed by atoms with Gasteiger partial charge < -0.3 is 19.9 Å². The van der Waals surface area contributed by atoms with Crippen LogP contribution >= 0.6 is 0 Å². The van der Waals surface area contributed by atoms with Crippen molar-refractivity contribution in [3.05, 3.63) is 60.2 Å². The maximum Gasteiger partial charge on any atom is 0.317 e. The van der Waals surface area contributed by atoms with Crippen molar-refractivity contribution in [2.24, 2.45) is 0 Å². The monoisotopic (exact) mass is 339 g/mol. The minimum absolute atomic E-state index is 0.00475. The Bertz CT molecular complexity index is 682. The molecule has 1 aliphatic heterocycles. The van der Waals surface area contributed by atoms with Gasteiger partial charge in [-0.15, -0.1) is 0 Å². The molecule has 1 aliphatic rings. The summed E-state index contributed by atoms with van der Waals surface area (Å²) in [5.74, 6) is 1.58. The Balaban J connectivity index is 1.51. The van der Waals surface area contributed by atoms with E-state index >= 15 is 0 Å². The first-order chi connectivity index (χ1) is 12.2. The molecule has 2 aromatic carbocycles. The summed E-state index contributed by atoms with van der Waals surface area (Å²) in [6, 6.07) is 17.5. The van der Waals surface area contributed by atoms with Gasteiger partial charge in [0.1, 0.15) is 11.5 Å². The lowest BCUT2D eigenvalue weighted by molar-refractivity contribution is 0.142. The van der Waals surface area contributed by atoms with Gasteiger partial charge in [0.05, 0.1) is 0 Å². The number of piperazine rings is 1. The summed E-state index contributed by atoms with van der Waals surface area (Å²) in [4.78, 5) is 16.5. The molecule has 2 aromatic rings. The highest BCUT2D eigenvalue weighted by Gasteiger charge is 2.19. The van der Waals surface area contributed by atoms with E-state index < -0.39 is 0 Å². The highest BCUT2D eigenvalue weighted by Crippen LogP contribution is 2.21. The summed E-state index contributed by atoms with van der Waals surface area (Å²) in [5, 5.41) is 3.01. The number of hydrogen-bond donors (Lipinski definition) is 1. The van der Waals surface area contributed by atoms with Crippen LogP contribution in [0.25, 0.3) is 0 Å². The minimum atomic E-state index is 0.00475. The smallest absolute Gasteiger partial charge is 0.317 e.